The molecule has 1 aromatic carbocycles. The second kappa shape index (κ2) is 7.26. The zero-order chi connectivity index (χ0) is 13.5. The third-order valence-corrected chi connectivity index (χ3v) is 3.82. The van der Waals surface area contributed by atoms with Gasteiger partial charge in [-0.1, -0.05) is 0 Å². The lowest BCUT2D eigenvalue weighted by Crippen LogP contribution is -2.09. The van der Waals surface area contributed by atoms with Gasteiger partial charge in [0.15, 0.2) is 0 Å². The number of hydrogen-bond acceptors (Lipinski definition) is 4. The Kier molecular flexibility index (Phi) is 5.36. The van der Waals surface area contributed by atoms with Crippen LogP contribution < -0.4 is 10.1 Å². The van der Waals surface area contributed by atoms with Crippen molar-refractivity contribution in [2.75, 3.05) is 20.2 Å². The van der Waals surface area contributed by atoms with E-state index >= 15 is 0 Å². The van der Waals surface area contributed by atoms with Gasteiger partial charge in [-0.3, -0.25) is 0 Å². The van der Waals surface area contributed by atoms with E-state index in [1.807, 2.05) is 26.1 Å². The van der Waals surface area contributed by atoms with E-state index in [0.717, 1.165) is 48.0 Å². The van der Waals surface area contributed by atoms with Crippen LogP contribution >= 0.6 is 11.3 Å². The molecule has 0 fully saturated rings. The fourth-order valence-electron chi connectivity index (χ4n) is 1.77. The number of ether oxygens (including phenoxy) is 1. The maximum Gasteiger partial charge on any atom is 0.123 e. The predicted molar refractivity (Wildman–Crippen MR) is 80.9 cm³/mol. The van der Waals surface area contributed by atoms with E-state index in [1.54, 1.807) is 11.3 Å². The van der Waals surface area contributed by atoms with E-state index in [9.17, 15) is 0 Å². The predicted octanol–water partition coefficient (Wildman–Crippen LogP) is 3.50. The van der Waals surface area contributed by atoms with E-state index in [0.29, 0.717) is 0 Å². The molecule has 2 aromatic rings. The van der Waals surface area contributed by atoms with E-state index in [4.69, 9.17) is 4.74 Å². The second-order valence-corrected chi connectivity index (χ2v) is 5.34. The minimum Gasteiger partial charge on any atom is -0.494 e. The molecule has 2 rings (SSSR count). The van der Waals surface area contributed by atoms with Crippen LogP contribution in [0.3, 0.4) is 0 Å². The van der Waals surface area contributed by atoms with Crippen LogP contribution in [0.5, 0.6) is 5.75 Å². The highest BCUT2D eigenvalue weighted by Crippen LogP contribution is 2.25. The van der Waals surface area contributed by atoms with Gasteiger partial charge in [0.1, 0.15) is 10.8 Å². The van der Waals surface area contributed by atoms with Crippen molar-refractivity contribution in [3.63, 3.8) is 0 Å². The Hall–Kier alpha value is -1.39. The Balaban J connectivity index is 1.85. The van der Waals surface area contributed by atoms with Gasteiger partial charge in [0.05, 0.1) is 6.61 Å². The highest BCUT2D eigenvalue weighted by molar-refractivity contribution is 7.13. The summed E-state index contributed by atoms with van der Waals surface area (Å²) in [6, 6.07) is 8.18. The van der Waals surface area contributed by atoms with Crippen LogP contribution in [-0.2, 0) is 0 Å². The van der Waals surface area contributed by atoms with Gasteiger partial charge in [-0.2, -0.15) is 0 Å². The molecule has 0 aliphatic rings. The minimum atomic E-state index is 0.775. The highest BCUT2D eigenvalue weighted by Gasteiger charge is 2.02. The van der Waals surface area contributed by atoms with E-state index < -0.39 is 0 Å². The first-order valence-corrected chi connectivity index (χ1v) is 7.47. The molecule has 0 atom stereocenters. The highest BCUT2D eigenvalue weighted by atomic mass is 32.1. The summed E-state index contributed by atoms with van der Waals surface area (Å²) in [5.41, 5.74) is 2.23. The van der Waals surface area contributed by atoms with Crippen LogP contribution in [0.25, 0.3) is 10.6 Å². The molecular weight excluding hydrogens is 256 g/mol. The largest absolute Gasteiger partial charge is 0.494 e. The van der Waals surface area contributed by atoms with Crippen molar-refractivity contribution in [3.8, 4) is 16.3 Å². The third-order valence-electron chi connectivity index (χ3n) is 2.81. The lowest BCUT2D eigenvalue weighted by atomic mass is 10.2. The molecule has 0 aliphatic carbocycles. The number of benzene rings is 1. The van der Waals surface area contributed by atoms with Crippen LogP contribution in [0.15, 0.2) is 29.6 Å². The number of rotatable bonds is 7. The van der Waals surface area contributed by atoms with E-state index in [2.05, 4.69) is 27.8 Å². The smallest absolute Gasteiger partial charge is 0.123 e. The average Bonchev–Trinajstić information content (AvgIpc) is 2.86. The van der Waals surface area contributed by atoms with Crippen molar-refractivity contribution in [3.05, 3.63) is 35.3 Å². The standard InChI is InChI=1S/C15H20N2OS/c1-12-11-19-15(17-12)13-5-7-14(8-6-13)18-10-4-3-9-16-2/h5-8,11,16H,3-4,9-10H2,1-2H3. The fraction of sp³-hybridized carbons (Fsp3) is 0.400. The molecule has 1 N–H and O–H groups in total. The molecule has 1 aromatic heterocycles. The molecule has 0 spiro atoms. The number of thiazole rings is 1. The zero-order valence-electron chi connectivity index (χ0n) is 11.5. The molecule has 0 aliphatic heterocycles. The maximum absolute atomic E-state index is 5.70. The van der Waals surface area contributed by atoms with Gasteiger partial charge in [0, 0.05) is 16.6 Å². The average molecular weight is 276 g/mol. The number of nitrogens with one attached hydrogen (secondary N) is 1. The summed E-state index contributed by atoms with van der Waals surface area (Å²) in [6.45, 7) is 3.84. The third kappa shape index (κ3) is 4.33. The van der Waals surface area contributed by atoms with Gasteiger partial charge in [-0.25, -0.2) is 4.98 Å². The number of hydrogen-bond donors (Lipinski definition) is 1. The number of nitrogens with zero attached hydrogens (tertiary/aromatic N) is 1. The summed E-state index contributed by atoms with van der Waals surface area (Å²) < 4.78 is 5.70. The van der Waals surface area contributed by atoms with Crippen molar-refractivity contribution in [2.24, 2.45) is 0 Å². The van der Waals surface area contributed by atoms with Crippen LogP contribution in [0.1, 0.15) is 18.5 Å². The van der Waals surface area contributed by atoms with Gasteiger partial charge in [-0.05, 0) is 57.6 Å². The minimum absolute atomic E-state index is 0.775. The van der Waals surface area contributed by atoms with Crippen molar-refractivity contribution in [1.82, 2.24) is 10.3 Å². The number of aryl methyl sites for hydroxylation is 1. The Morgan fingerprint density at radius 1 is 1.21 bits per heavy atom. The maximum atomic E-state index is 5.70. The number of unbranched alkanes of at least 4 members (excludes halogenated alkanes) is 1. The molecule has 4 heteroatoms. The van der Waals surface area contributed by atoms with Gasteiger partial charge >= 0.3 is 0 Å². The summed E-state index contributed by atoms with van der Waals surface area (Å²) in [7, 11) is 1.97. The quantitative estimate of drug-likeness (QED) is 0.786. The molecule has 0 amide bonds. The Bertz CT molecular complexity index is 493. The van der Waals surface area contributed by atoms with Crippen molar-refractivity contribution < 1.29 is 4.74 Å². The lowest BCUT2D eigenvalue weighted by molar-refractivity contribution is 0.306. The summed E-state index contributed by atoms with van der Waals surface area (Å²) in [5.74, 6) is 0.932. The molecule has 102 valence electrons. The zero-order valence-corrected chi connectivity index (χ0v) is 12.3. The first kappa shape index (κ1) is 14.0. The van der Waals surface area contributed by atoms with Crippen molar-refractivity contribution in [1.29, 1.82) is 0 Å². The van der Waals surface area contributed by atoms with Crippen LogP contribution in [-0.4, -0.2) is 25.2 Å². The Labute approximate surface area is 118 Å². The molecule has 0 unspecified atom stereocenters. The van der Waals surface area contributed by atoms with E-state index in [-0.39, 0.29) is 0 Å². The van der Waals surface area contributed by atoms with Gasteiger partial charge < -0.3 is 10.1 Å². The summed E-state index contributed by atoms with van der Waals surface area (Å²) >= 11 is 1.68. The molecule has 0 saturated heterocycles. The van der Waals surface area contributed by atoms with Crippen LogP contribution in [0.2, 0.25) is 0 Å². The summed E-state index contributed by atoms with van der Waals surface area (Å²) in [5, 5.41) is 6.27. The molecule has 0 bridgehead atoms. The fourth-order valence-corrected chi connectivity index (χ4v) is 2.58. The first-order chi connectivity index (χ1) is 9.29. The monoisotopic (exact) mass is 276 g/mol. The molecule has 3 nitrogen and oxygen atoms in total. The molecule has 0 radical (unpaired) electrons. The lowest BCUT2D eigenvalue weighted by Gasteiger charge is -2.06. The summed E-state index contributed by atoms with van der Waals surface area (Å²) in [4.78, 5) is 4.48. The van der Waals surface area contributed by atoms with Gasteiger partial charge in [0.25, 0.3) is 0 Å². The SMILES string of the molecule is CNCCCCOc1ccc(-c2nc(C)cs2)cc1. The number of aromatic nitrogens is 1. The normalized spacial score (nSPS) is 10.6. The Morgan fingerprint density at radius 3 is 2.63 bits per heavy atom. The molecule has 19 heavy (non-hydrogen) atoms. The van der Waals surface area contributed by atoms with E-state index in [1.165, 1.54) is 0 Å². The molecular formula is C15H20N2OS. The van der Waals surface area contributed by atoms with Crippen LogP contribution in [0, 0.1) is 6.92 Å². The van der Waals surface area contributed by atoms with Gasteiger partial charge in [-0.15, -0.1) is 11.3 Å². The molecule has 1 heterocycles. The first-order valence-electron chi connectivity index (χ1n) is 6.59. The molecule has 0 saturated carbocycles. The van der Waals surface area contributed by atoms with Crippen molar-refractivity contribution in [2.45, 2.75) is 19.8 Å². The van der Waals surface area contributed by atoms with Gasteiger partial charge in [0.2, 0.25) is 0 Å². The van der Waals surface area contributed by atoms with Crippen LogP contribution in [0.4, 0.5) is 0 Å². The summed E-state index contributed by atoms with van der Waals surface area (Å²) in [6.07, 6.45) is 2.22. The topological polar surface area (TPSA) is 34.1 Å². The van der Waals surface area contributed by atoms with Crippen molar-refractivity contribution >= 4 is 11.3 Å². The second-order valence-electron chi connectivity index (χ2n) is 4.48. The Morgan fingerprint density at radius 2 is 2.00 bits per heavy atom.